The second-order valence-corrected chi connectivity index (χ2v) is 8.07. The number of methoxy groups -OCH3 is 1. The van der Waals surface area contributed by atoms with E-state index in [2.05, 4.69) is 10.3 Å². The predicted octanol–water partition coefficient (Wildman–Crippen LogP) is 4.11. The fourth-order valence-electron chi connectivity index (χ4n) is 3.09. The lowest BCUT2D eigenvalue weighted by Gasteiger charge is -2.18. The number of alkyl halides is 3. The van der Waals surface area contributed by atoms with E-state index in [0.29, 0.717) is 42.3 Å². The molecule has 32 heavy (non-hydrogen) atoms. The average Bonchev–Trinajstić information content (AvgIpc) is 3.08. The van der Waals surface area contributed by atoms with Crippen molar-refractivity contribution in [2.24, 2.45) is 0 Å². The number of ether oxygens (including phenoxy) is 2. The maximum Gasteiger partial charge on any atom is 0.416 e. The first-order valence-electron chi connectivity index (χ1n) is 9.79. The van der Waals surface area contributed by atoms with Gasteiger partial charge in [-0.05, 0) is 35.4 Å². The van der Waals surface area contributed by atoms with Crippen LogP contribution in [0.4, 0.5) is 13.2 Å². The summed E-state index contributed by atoms with van der Waals surface area (Å²) in [7, 11) is 1.45. The van der Waals surface area contributed by atoms with Gasteiger partial charge in [0, 0.05) is 26.6 Å². The second-order valence-electron chi connectivity index (χ2n) is 7.01. The van der Waals surface area contributed by atoms with E-state index in [9.17, 15) is 23.1 Å². The van der Waals surface area contributed by atoms with E-state index < -0.39 is 17.8 Å². The summed E-state index contributed by atoms with van der Waals surface area (Å²) >= 11 is 0.971. The van der Waals surface area contributed by atoms with Crippen molar-refractivity contribution in [3.8, 4) is 11.6 Å². The smallest absolute Gasteiger partial charge is 0.416 e. The van der Waals surface area contributed by atoms with E-state index in [4.69, 9.17) is 9.47 Å². The Morgan fingerprint density at radius 1 is 1.19 bits per heavy atom. The van der Waals surface area contributed by atoms with Gasteiger partial charge in [-0.15, -0.1) is 0 Å². The Balaban J connectivity index is 1.44. The number of aromatic nitrogens is 1. The molecule has 0 aliphatic carbocycles. The third kappa shape index (κ3) is 6.59. The van der Waals surface area contributed by atoms with Gasteiger partial charge in [0.1, 0.15) is 12.4 Å². The van der Waals surface area contributed by atoms with Crippen molar-refractivity contribution in [1.29, 1.82) is 0 Å². The van der Waals surface area contributed by atoms with Crippen LogP contribution in [0.2, 0.25) is 0 Å². The minimum atomic E-state index is -4.40. The van der Waals surface area contributed by atoms with Gasteiger partial charge in [0.05, 0.1) is 16.5 Å². The monoisotopic (exact) mass is 468 g/mol. The molecule has 6 nitrogen and oxygen atoms in total. The summed E-state index contributed by atoms with van der Waals surface area (Å²) in [6.45, 7) is 1.17. The van der Waals surface area contributed by atoms with Crippen LogP contribution in [-0.4, -0.2) is 36.9 Å². The molecule has 10 heteroatoms. The molecule has 0 aliphatic heterocycles. The van der Waals surface area contributed by atoms with E-state index in [0.717, 1.165) is 29.0 Å². The van der Waals surface area contributed by atoms with Crippen LogP contribution in [0.3, 0.4) is 0 Å². The molecule has 0 saturated heterocycles. The fraction of sp³-hybridized carbons (Fsp3) is 0.318. The van der Waals surface area contributed by atoms with Crippen LogP contribution in [0, 0.1) is 0 Å². The van der Waals surface area contributed by atoms with Gasteiger partial charge in [-0.1, -0.05) is 35.6 Å². The van der Waals surface area contributed by atoms with Crippen LogP contribution < -0.4 is 14.9 Å². The van der Waals surface area contributed by atoms with Gasteiger partial charge in [-0.3, -0.25) is 9.78 Å². The highest BCUT2D eigenvalue weighted by atomic mass is 32.1. The minimum absolute atomic E-state index is 0.106. The number of hydrogen-bond donors (Lipinski definition) is 3. The average molecular weight is 468 g/mol. The lowest BCUT2D eigenvalue weighted by Crippen LogP contribution is -2.27. The summed E-state index contributed by atoms with van der Waals surface area (Å²) in [5.74, 6) is 0.550. The fourth-order valence-corrected chi connectivity index (χ4v) is 3.85. The van der Waals surface area contributed by atoms with E-state index in [1.807, 2.05) is 12.1 Å². The zero-order chi connectivity index (χ0) is 23.1. The topological polar surface area (TPSA) is 83.6 Å². The molecule has 172 valence electrons. The number of nitrogens with one attached hydrogen (secondary N) is 2. The molecule has 0 fully saturated rings. The highest BCUT2D eigenvalue weighted by Crippen LogP contribution is 2.31. The first-order chi connectivity index (χ1) is 15.3. The molecule has 2 aromatic carbocycles. The van der Waals surface area contributed by atoms with Crippen molar-refractivity contribution in [3.05, 3.63) is 79.8 Å². The molecule has 1 heterocycles. The van der Waals surface area contributed by atoms with Gasteiger partial charge in [-0.25, -0.2) is 0 Å². The number of aromatic amines is 1. The van der Waals surface area contributed by atoms with Crippen molar-refractivity contribution >= 4 is 11.3 Å². The molecule has 3 aromatic rings. The molecule has 0 aliphatic rings. The number of H-pyrrole nitrogens is 1. The van der Waals surface area contributed by atoms with Crippen LogP contribution in [0.1, 0.15) is 27.7 Å². The molecule has 1 unspecified atom stereocenters. The highest BCUT2D eigenvalue weighted by Gasteiger charge is 2.31. The van der Waals surface area contributed by atoms with Crippen molar-refractivity contribution in [2.45, 2.75) is 18.7 Å². The zero-order valence-electron chi connectivity index (χ0n) is 17.2. The van der Waals surface area contributed by atoms with Gasteiger partial charge in [0.25, 0.3) is 0 Å². The minimum Gasteiger partial charge on any atom is -0.494 e. The number of halogens is 3. The van der Waals surface area contributed by atoms with Gasteiger partial charge in [-0.2, -0.15) is 13.2 Å². The van der Waals surface area contributed by atoms with Gasteiger partial charge < -0.3 is 19.9 Å². The van der Waals surface area contributed by atoms with Crippen LogP contribution >= 0.6 is 11.3 Å². The van der Waals surface area contributed by atoms with Crippen molar-refractivity contribution in [1.82, 2.24) is 10.3 Å². The summed E-state index contributed by atoms with van der Waals surface area (Å²) in [5.41, 5.74) is 0.666. The lowest BCUT2D eigenvalue weighted by atomic mass is 10.1. The SMILES string of the molecule is COC(CNCCOc1ccc(Cc2sc(=O)[nH]c2O)cc1)c1cccc(C(F)(F)F)c1. The van der Waals surface area contributed by atoms with Crippen LogP contribution in [0.15, 0.2) is 53.3 Å². The Bertz CT molecular complexity index is 1060. The molecular formula is C22H23F3N2O4S. The highest BCUT2D eigenvalue weighted by molar-refractivity contribution is 7.09. The lowest BCUT2D eigenvalue weighted by molar-refractivity contribution is -0.137. The van der Waals surface area contributed by atoms with E-state index in [1.165, 1.54) is 13.2 Å². The Kier molecular flexibility index (Phi) is 7.94. The maximum absolute atomic E-state index is 12.9. The normalized spacial score (nSPS) is 12.6. The first-order valence-corrected chi connectivity index (χ1v) is 10.6. The first kappa shape index (κ1) is 23.8. The van der Waals surface area contributed by atoms with Crippen molar-refractivity contribution in [2.75, 3.05) is 26.8 Å². The molecule has 0 amide bonds. The Morgan fingerprint density at radius 2 is 1.94 bits per heavy atom. The molecule has 3 rings (SSSR count). The standard InChI is InChI=1S/C22H23F3N2O4S/c1-30-18(15-3-2-4-16(12-15)22(23,24)25)13-26-9-10-31-17-7-5-14(6-8-17)11-19-20(28)27-21(29)32-19/h2-8,12,18,26,28H,9-11,13H2,1H3,(H,27,29). The number of aromatic hydroxyl groups is 1. The molecule has 0 radical (unpaired) electrons. The molecule has 1 atom stereocenters. The van der Waals surface area contributed by atoms with Crippen molar-refractivity contribution < 1.29 is 27.8 Å². The largest absolute Gasteiger partial charge is 0.494 e. The molecular weight excluding hydrogens is 445 g/mol. The van der Waals surface area contributed by atoms with E-state index in [1.54, 1.807) is 18.2 Å². The quantitative estimate of drug-likeness (QED) is 0.390. The molecule has 0 bridgehead atoms. The summed E-state index contributed by atoms with van der Waals surface area (Å²) in [5, 5.41) is 12.8. The Hall–Kier alpha value is -2.82. The van der Waals surface area contributed by atoms with Gasteiger partial charge >= 0.3 is 11.0 Å². The zero-order valence-corrected chi connectivity index (χ0v) is 18.1. The number of benzene rings is 2. The Morgan fingerprint density at radius 3 is 2.56 bits per heavy atom. The van der Waals surface area contributed by atoms with Crippen LogP contribution in [0.25, 0.3) is 0 Å². The van der Waals surface area contributed by atoms with E-state index in [-0.39, 0.29) is 10.8 Å². The third-order valence-corrected chi connectivity index (χ3v) is 5.61. The summed E-state index contributed by atoms with van der Waals surface area (Å²) in [4.78, 5) is 13.9. The van der Waals surface area contributed by atoms with Gasteiger partial charge in [0.15, 0.2) is 0 Å². The molecule has 0 saturated carbocycles. The summed E-state index contributed by atoms with van der Waals surface area (Å²) < 4.78 is 49.7. The van der Waals surface area contributed by atoms with Crippen molar-refractivity contribution in [3.63, 3.8) is 0 Å². The number of rotatable bonds is 10. The van der Waals surface area contributed by atoms with Crippen LogP contribution in [-0.2, 0) is 17.3 Å². The summed E-state index contributed by atoms with van der Waals surface area (Å²) in [6.07, 6.45) is -4.48. The second kappa shape index (κ2) is 10.7. The van der Waals surface area contributed by atoms with E-state index >= 15 is 0 Å². The number of hydrogen-bond acceptors (Lipinski definition) is 6. The Labute approximate surface area is 186 Å². The maximum atomic E-state index is 12.9. The number of thiazole rings is 1. The van der Waals surface area contributed by atoms with Gasteiger partial charge in [0.2, 0.25) is 5.88 Å². The molecule has 0 spiro atoms. The van der Waals surface area contributed by atoms with Crippen LogP contribution in [0.5, 0.6) is 11.6 Å². The summed E-state index contributed by atoms with van der Waals surface area (Å²) in [6, 6.07) is 12.4. The molecule has 1 aromatic heterocycles. The molecule has 3 N–H and O–H groups in total. The third-order valence-electron chi connectivity index (χ3n) is 4.74. The predicted molar refractivity (Wildman–Crippen MR) is 115 cm³/mol.